The number of nitrogens with one attached hydrogen (secondary N) is 4. The molecular weight excluding hydrogens is 488 g/mol. The number of nitrogens with two attached hydrogens (primary N) is 5. The van der Waals surface area contributed by atoms with Crippen molar-refractivity contribution in [2.45, 2.75) is 0 Å². The second-order valence-corrected chi connectivity index (χ2v) is 4.95. The van der Waals surface area contributed by atoms with E-state index in [0.717, 1.165) is 26.2 Å². The van der Waals surface area contributed by atoms with Gasteiger partial charge in [-0.3, -0.25) is 0 Å². The van der Waals surface area contributed by atoms with Crippen LogP contribution in [0.25, 0.3) is 0 Å². The summed E-state index contributed by atoms with van der Waals surface area (Å²) < 4.78 is 0. The predicted molar refractivity (Wildman–Crippen MR) is 100 cm³/mol. The average molecular weight is 526 g/mol. The van der Waals surface area contributed by atoms with Crippen molar-refractivity contribution in [3.8, 4) is 0 Å². The van der Waals surface area contributed by atoms with Gasteiger partial charge in [0.2, 0.25) is 0 Å². The summed E-state index contributed by atoms with van der Waals surface area (Å²) in [5.41, 5.74) is 20.7. The molecule has 0 aromatic heterocycles. The average Bonchev–Trinajstić information content (AvgIpc) is 2.62. The summed E-state index contributed by atoms with van der Waals surface area (Å²) in [5.74, 6) is 0. The van der Waals surface area contributed by atoms with Gasteiger partial charge >= 0.3 is 16.8 Å². The summed E-state index contributed by atoms with van der Waals surface area (Å²) >= 11 is 0. The van der Waals surface area contributed by atoms with Gasteiger partial charge in [0.15, 0.2) is 0 Å². The molecule has 0 atom stereocenters. The molecule has 0 bridgehead atoms. The molecule has 0 aliphatic rings. The van der Waals surface area contributed by atoms with Crippen molar-refractivity contribution < 1.29 is 66.7 Å². The zero-order valence-corrected chi connectivity index (χ0v) is 19.6. The largest absolute Gasteiger partial charge is 3.00 e. The fourth-order valence-electron chi connectivity index (χ4n) is 1.36. The molecule has 0 rings (SSSR count). The molecule has 0 saturated heterocycles. The van der Waals surface area contributed by atoms with Crippen molar-refractivity contribution in [2.75, 3.05) is 78.5 Å². The van der Waals surface area contributed by atoms with Crippen LogP contribution in [0, 0.1) is 0 Å². The minimum Gasteiger partial charge on any atom is -1.00 e. The molecule has 13 nitrogen and oxygen atoms in total. The van der Waals surface area contributed by atoms with Crippen molar-refractivity contribution in [1.29, 1.82) is 0 Å². The number of carbonyl (C=O) groups excluding carboxylic acids is 2. The van der Waals surface area contributed by atoms with E-state index in [4.69, 9.17) is 22.9 Å². The monoisotopic (exact) mass is 525 g/mol. The fraction of sp³-hybridized carbons (Fsp3) is 0.857. The van der Waals surface area contributed by atoms with Gasteiger partial charge in [-0.25, -0.2) is 0 Å². The Morgan fingerprint density at radius 1 is 0.633 bits per heavy atom. The van der Waals surface area contributed by atoms with Gasteiger partial charge in [-0.1, -0.05) is 0 Å². The van der Waals surface area contributed by atoms with E-state index < -0.39 is 12.2 Å². The molecule has 0 heterocycles. The Balaban J connectivity index is -0.0000000737. The van der Waals surface area contributed by atoms with E-state index in [1.54, 1.807) is 5.32 Å². The van der Waals surface area contributed by atoms with Crippen LogP contribution >= 0.6 is 0 Å². The maximum atomic E-state index is 9.84. The SMILES string of the molecule is NCCNCCN.NCCNCCN.O=C([O-])NCC[NH2+]CCNC(=O)[O-].[Cl-].[Cl-].[Co+3]. The third kappa shape index (κ3) is 63.1. The summed E-state index contributed by atoms with van der Waals surface area (Å²) in [7, 11) is 0. The molecule has 0 unspecified atom stereocenters. The number of quaternary nitrogens is 1. The normalized spacial score (nSPS) is 8.40. The molecule has 0 aliphatic carbocycles. The van der Waals surface area contributed by atoms with Gasteiger partial charge in [0, 0.05) is 52.4 Å². The number of hydrogen-bond donors (Lipinski definition) is 9. The number of carbonyl (C=O) groups is 2. The minimum atomic E-state index is -1.30. The molecule has 16 heteroatoms. The number of hydrogen-bond acceptors (Lipinski definition) is 10. The molecular formula is C14H38Cl2CoN9O4. The number of rotatable bonds is 14. The van der Waals surface area contributed by atoms with Crippen LogP contribution in [0.1, 0.15) is 0 Å². The summed E-state index contributed by atoms with van der Waals surface area (Å²) in [5, 5.41) is 31.7. The second kappa shape index (κ2) is 42.5. The summed E-state index contributed by atoms with van der Waals surface area (Å²) in [4.78, 5) is 19.7. The molecule has 0 saturated carbocycles. The van der Waals surface area contributed by atoms with E-state index in [-0.39, 0.29) is 54.7 Å². The number of amides is 2. The van der Waals surface area contributed by atoms with Gasteiger partial charge in [-0.05, 0) is 0 Å². The Labute approximate surface area is 201 Å². The standard InChI is InChI=1S/C6H13N3O4.2C4H13N3.2ClH.Co/c10-5(11)8-3-1-7-2-4-9-6(12)13;2*5-1-3-7-4-2-6;;;/h7-9H,1-4H2,(H,10,11)(H,12,13);2*7H,1-6H2;2*1H;/q;;;;;+3/p-3. The maximum absolute atomic E-state index is 9.84. The van der Waals surface area contributed by atoms with Gasteiger partial charge in [0.1, 0.15) is 12.2 Å². The fourth-order valence-corrected chi connectivity index (χ4v) is 1.36. The van der Waals surface area contributed by atoms with Crippen LogP contribution in [0.3, 0.4) is 0 Å². The van der Waals surface area contributed by atoms with Crippen LogP contribution in [0.2, 0.25) is 0 Å². The van der Waals surface area contributed by atoms with E-state index in [1.165, 1.54) is 0 Å². The third-order valence-electron chi connectivity index (χ3n) is 2.52. The summed E-state index contributed by atoms with van der Waals surface area (Å²) in [6.45, 7) is 7.93. The Morgan fingerprint density at radius 2 is 0.900 bits per heavy atom. The van der Waals surface area contributed by atoms with Gasteiger partial charge < -0.3 is 94.1 Å². The first-order chi connectivity index (χ1) is 13.0. The Morgan fingerprint density at radius 3 is 1.10 bits per heavy atom. The first kappa shape index (κ1) is 43.3. The Bertz CT molecular complexity index is 293. The van der Waals surface area contributed by atoms with Crippen LogP contribution in [0.5, 0.6) is 0 Å². The van der Waals surface area contributed by atoms with Crippen molar-refractivity contribution in [3.05, 3.63) is 0 Å². The van der Waals surface area contributed by atoms with Gasteiger partial charge in [-0.2, -0.15) is 0 Å². The van der Waals surface area contributed by atoms with Crippen LogP contribution in [0.15, 0.2) is 0 Å². The topological polar surface area (TPSA) is 249 Å². The van der Waals surface area contributed by atoms with Crippen LogP contribution in [-0.4, -0.2) is 90.7 Å². The quantitative estimate of drug-likeness (QED) is 0.0967. The molecule has 0 spiro atoms. The Kier molecular flexibility index (Phi) is 61.2. The van der Waals surface area contributed by atoms with Crippen molar-refractivity contribution >= 4 is 12.2 Å². The van der Waals surface area contributed by atoms with E-state index >= 15 is 0 Å². The predicted octanol–water partition coefficient (Wildman–Crippen LogP) is -13.6. The third-order valence-corrected chi connectivity index (χ3v) is 2.52. The number of carboxylic acid groups (broad SMARTS) is 2. The molecule has 0 aromatic rings. The molecule has 0 aliphatic heterocycles. The molecule has 14 N–H and O–H groups in total. The first-order valence-electron chi connectivity index (χ1n) is 8.89. The van der Waals surface area contributed by atoms with E-state index in [1.807, 2.05) is 0 Å². The van der Waals surface area contributed by atoms with E-state index in [0.29, 0.717) is 39.3 Å². The van der Waals surface area contributed by atoms with Crippen molar-refractivity contribution in [1.82, 2.24) is 21.3 Å². The van der Waals surface area contributed by atoms with E-state index in [9.17, 15) is 19.8 Å². The van der Waals surface area contributed by atoms with Gasteiger partial charge in [0.05, 0.1) is 26.2 Å². The maximum Gasteiger partial charge on any atom is 3.00 e. The van der Waals surface area contributed by atoms with Gasteiger partial charge in [0.25, 0.3) is 0 Å². The molecule has 186 valence electrons. The zero-order valence-electron chi connectivity index (χ0n) is 17.1. The molecule has 30 heavy (non-hydrogen) atoms. The van der Waals surface area contributed by atoms with Crippen LogP contribution in [0.4, 0.5) is 9.59 Å². The minimum absolute atomic E-state index is 0. The van der Waals surface area contributed by atoms with Crippen LogP contribution in [-0.2, 0) is 16.8 Å². The van der Waals surface area contributed by atoms with Crippen LogP contribution < -0.4 is 84.5 Å². The molecule has 0 fully saturated rings. The van der Waals surface area contributed by atoms with Crippen molar-refractivity contribution in [3.63, 3.8) is 0 Å². The van der Waals surface area contributed by atoms with E-state index in [2.05, 4.69) is 21.3 Å². The summed E-state index contributed by atoms with van der Waals surface area (Å²) in [6, 6.07) is 0. The number of halogens is 2. The Hall–Kier alpha value is -0.654. The van der Waals surface area contributed by atoms with Gasteiger partial charge in [-0.15, -0.1) is 0 Å². The zero-order chi connectivity index (χ0) is 21.2. The second-order valence-electron chi connectivity index (χ2n) is 4.95. The first-order valence-corrected chi connectivity index (χ1v) is 8.89. The van der Waals surface area contributed by atoms with Crippen molar-refractivity contribution in [2.24, 2.45) is 22.9 Å². The molecule has 2 amide bonds. The summed E-state index contributed by atoms with van der Waals surface area (Å²) in [6.07, 6.45) is -2.61. The smallest absolute Gasteiger partial charge is 1.00 e. The molecule has 0 aromatic carbocycles. The molecule has 0 radical (unpaired) electrons.